The third-order valence-electron chi connectivity index (χ3n) is 3.16. The summed E-state index contributed by atoms with van der Waals surface area (Å²) >= 11 is 5.95. The van der Waals surface area contributed by atoms with Gasteiger partial charge in [0.05, 0.1) is 0 Å². The molecule has 0 fully saturated rings. The highest BCUT2D eigenvalue weighted by atomic mass is 35.5. The van der Waals surface area contributed by atoms with Crippen molar-refractivity contribution in [3.05, 3.63) is 65.8 Å². The molecule has 0 aliphatic heterocycles. The van der Waals surface area contributed by atoms with Crippen molar-refractivity contribution in [2.45, 2.75) is 5.66 Å². The van der Waals surface area contributed by atoms with Crippen molar-refractivity contribution in [1.82, 2.24) is 4.57 Å². The summed E-state index contributed by atoms with van der Waals surface area (Å²) < 4.78 is 24.1. The first-order valence-electron chi connectivity index (χ1n) is 6.49. The molecule has 0 spiro atoms. The predicted octanol–water partition coefficient (Wildman–Crippen LogP) is 3.89. The fourth-order valence-corrected chi connectivity index (χ4v) is 3.59. The summed E-state index contributed by atoms with van der Waals surface area (Å²) in [6.07, 6.45) is 4.70. The fourth-order valence-electron chi connectivity index (χ4n) is 2.03. The molecule has 0 N–H and O–H groups in total. The Morgan fingerprint density at radius 2 is 1.86 bits per heavy atom. The molecule has 1 aromatic heterocycles. The lowest BCUT2D eigenvalue weighted by Crippen LogP contribution is -2.28. The van der Waals surface area contributed by atoms with E-state index >= 15 is 0 Å². The van der Waals surface area contributed by atoms with Crippen LogP contribution in [0, 0.1) is 6.42 Å². The van der Waals surface area contributed by atoms with Gasteiger partial charge in [0.1, 0.15) is 5.66 Å². The fraction of sp³-hybridized carbons (Fsp3) is 0.200. The first-order chi connectivity index (χ1) is 10.5. The van der Waals surface area contributed by atoms with Gasteiger partial charge in [0, 0.05) is 38.1 Å². The molecule has 1 heterocycles. The van der Waals surface area contributed by atoms with Crippen LogP contribution in [0.25, 0.3) is 0 Å². The largest absolute Gasteiger partial charge is 0.343 e. The number of rotatable bonds is 6. The van der Waals surface area contributed by atoms with Gasteiger partial charge in [-0.25, -0.2) is 0 Å². The molecule has 0 saturated carbocycles. The van der Waals surface area contributed by atoms with Gasteiger partial charge >= 0.3 is 7.60 Å². The van der Waals surface area contributed by atoms with E-state index in [0.717, 1.165) is 0 Å². The number of nitrogens with zero attached hydrogens (tertiary/aromatic N) is 1. The maximum Gasteiger partial charge on any atom is 0.343 e. The van der Waals surface area contributed by atoms with E-state index in [4.69, 9.17) is 20.6 Å². The number of hydrogen-bond acceptors (Lipinski definition) is 4. The zero-order valence-corrected chi connectivity index (χ0v) is 13.8. The minimum Gasteiger partial charge on any atom is -0.311 e. The van der Waals surface area contributed by atoms with Crippen molar-refractivity contribution in [1.29, 1.82) is 0 Å². The zero-order valence-electron chi connectivity index (χ0n) is 12.2. The number of halogens is 1. The third kappa shape index (κ3) is 3.68. The van der Waals surface area contributed by atoms with Gasteiger partial charge in [0.2, 0.25) is 5.91 Å². The molecular formula is C15H16ClNO4P. The van der Waals surface area contributed by atoms with Gasteiger partial charge < -0.3 is 9.05 Å². The number of aromatic nitrogens is 1. The second-order valence-corrected chi connectivity index (χ2v) is 7.30. The molecule has 0 bridgehead atoms. The van der Waals surface area contributed by atoms with E-state index in [0.29, 0.717) is 10.6 Å². The first-order valence-corrected chi connectivity index (χ1v) is 8.48. The van der Waals surface area contributed by atoms with E-state index < -0.39 is 19.2 Å². The van der Waals surface area contributed by atoms with Gasteiger partial charge in [0.15, 0.2) is 0 Å². The average Bonchev–Trinajstić information content (AvgIpc) is 3.06. The Labute approximate surface area is 134 Å². The number of benzene rings is 1. The number of carbonyl (C=O) groups excluding carboxylic acids is 1. The summed E-state index contributed by atoms with van der Waals surface area (Å²) in [6, 6.07) is 10.3. The van der Waals surface area contributed by atoms with E-state index in [1.54, 1.807) is 55.2 Å². The minimum absolute atomic E-state index is 0.406. The molecule has 1 atom stereocenters. The van der Waals surface area contributed by atoms with Crippen LogP contribution in [-0.4, -0.2) is 30.4 Å². The topological polar surface area (TPSA) is 57.5 Å². The van der Waals surface area contributed by atoms with E-state index in [-0.39, 0.29) is 0 Å². The zero-order chi connectivity index (χ0) is 16.2. The minimum atomic E-state index is -3.64. The van der Waals surface area contributed by atoms with Gasteiger partial charge in [-0.05, 0) is 29.8 Å². The van der Waals surface area contributed by atoms with Crippen molar-refractivity contribution in [2.75, 3.05) is 14.2 Å². The first kappa shape index (κ1) is 17.0. The van der Waals surface area contributed by atoms with Crippen LogP contribution >= 0.6 is 19.2 Å². The third-order valence-corrected chi connectivity index (χ3v) is 5.46. The molecule has 1 radical (unpaired) electrons. The summed E-state index contributed by atoms with van der Waals surface area (Å²) in [4.78, 5) is 12.6. The van der Waals surface area contributed by atoms with Crippen LogP contribution in [0.3, 0.4) is 0 Å². The Bertz CT molecular complexity index is 679. The number of carbonyl (C=O) groups is 1. The predicted molar refractivity (Wildman–Crippen MR) is 85.3 cm³/mol. The smallest absolute Gasteiger partial charge is 0.311 e. The van der Waals surface area contributed by atoms with Crippen LogP contribution in [0.4, 0.5) is 0 Å². The SMILES string of the molecule is COP(=O)(OC)C([CH]c1cccc(Cl)c1)C(=O)n1cccc1. The molecule has 0 aliphatic rings. The Kier molecular flexibility index (Phi) is 5.59. The quantitative estimate of drug-likeness (QED) is 0.749. The Balaban J connectivity index is 2.37. The maximum absolute atomic E-state index is 12.7. The lowest BCUT2D eigenvalue weighted by Gasteiger charge is -2.23. The second kappa shape index (κ2) is 7.25. The standard InChI is InChI=1S/C15H16ClNO4P/c1-20-22(19,21-2)14(15(18)17-8-3-4-9-17)11-12-6-5-7-13(16)10-12/h3-11,14H,1-2H3. The van der Waals surface area contributed by atoms with Gasteiger partial charge in [-0.3, -0.25) is 13.9 Å². The van der Waals surface area contributed by atoms with Crippen LogP contribution in [0.15, 0.2) is 48.8 Å². The molecule has 0 saturated heterocycles. The van der Waals surface area contributed by atoms with Crippen molar-refractivity contribution in [3.63, 3.8) is 0 Å². The summed E-state index contributed by atoms with van der Waals surface area (Å²) in [7, 11) is -1.13. The molecule has 0 amide bonds. The summed E-state index contributed by atoms with van der Waals surface area (Å²) in [6.45, 7) is 0. The van der Waals surface area contributed by atoms with Gasteiger partial charge in [-0.1, -0.05) is 23.7 Å². The van der Waals surface area contributed by atoms with Gasteiger partial charge in [-0.15, -0.1) is 0 Å². The lowest BCUT2D eigenvalue weighted by atomic mass is 10.1. The Morgan fingerprint density at radius 1 is 1.23 bits per heavy atom. The Morgan fingerprint density at radius 3 is 2.41 bits per heavy atom. The van der Waals surface area contributed by atoms with Crippen molar-refractivity contribution in [3.8, 4) is 0 Å². The van der Waals surface area contributed by atoms with E-state index in [2.05, 4.69) is 0 Å². The van der Waals surface area contributed by atoms with E-state index in [1.807, 2.05) is 0 Å². The molecule has 2 aromatic rings. The highest BCUT2D eigenvalue weighted by Crippen LogP contribution is 2.53. The molecule has 22 heavy (non-hydrogen) atoms. The molecular weight excluding hydrogens is 325 g/mol. The van der Waals surface area contributed by atoms with Gasteiger partial charge in [-0.2, -0.15) is 0 Å². The van der Waals surface area contributed by atoms with E-state index in [9.17, 15) is 9.36 Å². The van der Waals surface area contributed by atoms with Crippen molar-refractivity contribution in [2.24, 2.45) is 0 Å². The van der Waals surface area contributed by atoms with Crippen LogP contribution in [0.1, 0.15) is 10.4 Å². The van der Waals surface area contributed by atoms with Crippen LogP contribution in [-0.2, 0) is 13.6 Å². The Hall–Kier alpha value is -1.39. The highest BCUT2D eigenvalue weighted by Gasteiger charge is 2.40. The summed E-state index contributed by atoms with van der Waals surface area (Å²) in [5.41, 5.74) is -0.416. The molecule has 0 aliphatic carbocycles. The molecule has 1 unspecified atom stereocenters. The molecule has 1 aromatic carbocycles. The molecule has 7 heteroatoms. The van der Waals surface area contributed by atoms with E-state index in [1.165, 1.54) is 18.8 Å². The normalized spacial score (nSPS) is 13.0. The van der Waals surface area contributed by atoms with Crippen LogP contribution in [0.5, 0.6) is 0 Å². The maximum atomic E-state index is 12.7. The average molecular weight is 341 g/mol. The summed E-state index contributed by atoms with van der Waals surface area (Å²) in [5.74, 6) is -0.406. The highest BCUT2D eigenvalue weighted by molar-refractivity contribution is 7.56. The van der Waals surface area contributed by atoms with Crippen LogP contribution in [0.2, 0.25) is 5.02 Å². The summed E-state index contributed by atoms with van der Waals surface area (Å²) in [5, 5.41) is 0.519. The lowest BCUT2D eigenvalue weighted by molar-refractivity contribution is 0.0904. The molecule has 117 valence electrons. The second-order valence-electron chi connectivity index (χ2n) is 4.50. The number of hydrogen-bond donors (Lipinski definition) is 0. The molecule has 2 rings (SSSR count). The molecule has 5 nitrogen and oxygen atoms in total. The van der Waals surface area contributed by atoms with Crippen LogP contribution < -0.4 is 0 Å². The van der Waals surface area contributed by atoms with Gasteiger partial charge in [0.25, 0.3) is 0 Å². The monoisotopic (exact) mass is 340 g/mol. The van der Waals surface area contributed by atoms with Crippen molar-refractivity contribution < 1.29 is 18.4 Å². The van der Waals surface area contributed by atoms with Crippen molar-refractivity contribution >= 4 is 25.1 Å².